The second-order valence-electron chi connectivity index (χ2n) is 4.13. The molecule has 1 aromatic heterocycles. The first-order valence-electron chi connectivity index (χ1n) is 5.90. The Morgan fingerprint density at radius 3 is 2.94 bits per heavy atom. The number of imidazole rings is 1. The summed E-state index contributed by atoms with van der Waals surface area (Å²) in [7, 11) is 0. The van der Waals surface area contributed by atoms with Gasteiger partial charge in [0.2, 0.25) is 0 Å². The Morgan fingerprint density at radius 1 is 1.50 bits per heavy atom. The average Bonchev–Trinajstić information content (AvgIpc) is 2.85. The normalized spacial score (nSPS) is 12.6. The van der Waals surface area contributed by atoms with E-state index in [1.807, 2.05) is 6.20 Å². The molecule has 0 amide bonds. The van der Waals surface area contributed by atoms with Crippen LogP contribution < -0.4 is 5.73 Å². The first-order valence-corrected chi connectivity index (χ1v) is 7.51. The highest BCUT2D eigenvalue weighted by atomic mass is 79.9. The summed E-state index contributed by atoms with van der Waals surface area (Å²) in [6.07, 6.45) is 5.50. The first-order chi connectivity index (χ1) is 8.69. The molecular formula is C13H16BrN3S. The predicted octanol–water partition coefficient (Wildman–Crippen LogP) is 3.60. The number of halogens is 1. The fraction of sp³-hybridized carbons (Fsp3) is 0.308. The van der Waals surface area contributed by atoms with Gasteiger partial charge in [-0.05, 0) is 46.5 Å². The van der Waals surface area contributed by atoms with E-state index in [1.165, 1.54) is 5.56 Å². The van der Waals surface area contributed by atoms with Crippen LogP contribution in [0.3, 0.4) is 0 Å². The van der Waals surface area contributed by atoms with Crippen molar-refractivity contribution in [2.24, 2.45) is 5.73 Å². The van der Waals surface area contributed by atoms with Crippen LogP contribution >= 0.6 is 27.7 Å². The lowest BCUT2D eigenvalue weighted by Crippen LogP contribution is -2.21. The van der Waals surface area contributed by atoms with E-state index in [4.69, 9.17) is 5.73 Å². The van der Waals surface area contributed by atoms with Crippen LogP contribution in [0.5, 0.6) is 0 Å². The molecule has 3 N–H and O–H groups in total. The van der Waals surface area contributed by atoms with Crippen LogP contribution in [0.4, 0.5) is 0 Å². The van der Waals surface area contributed by atoms with Crippen molar-refractivity contribution >= 4 is 27.7 Å². The van der Waals surface area contributed by atoms with Crippen molar-refractivity contribution in [1.82, 2.24) is 9.97 Å². The van der Waals surface area contributed by atoms with Crippen molar-refractivity contribution in [3.63, 3.8) is 0 Å². The van der Waals surface area contributed by atoms with Crippen molar-refractivity contribution in [3.05, 3.63) is 40.6 Å². The third kappa shape index (κ3) is 3.60. The van der Waals surface area contributed by atoms with Gasteiger partial charge in [0.05, 0.1) is 0 Å². The zero-order valence-electron chi connectivity index (χ0n) is 10.2. The molecule has 0 saturated heterocycles. The largest absolute Gasteiger partial charge is 0.339 e. The summed E-state index contributed by atoms with van der Waals surface area (Å²) in [4.78, 5) is 8.43. The molecule has 0 radical (unpaired) electrons. The highest BCUT2D eigenvalue weighted by Gasteiger charge is 2.07. The van der Waals surface area contributed by atoms with E-state index < -0.39 is 0 Å². The summed E-state index contributed by atoms with van der Waals surface area (Å²) in [5.41, 5.74) is 7.23. The molecule has 0 fully saturated rings. The van der Waals surface area contributed by atoms with Gasteiger partial charge < -0.3 is 10.7 Å². The highest BCUT2D eigenvalue weighted by molar-refractivity contribution is 9.10. The smallest absolute Gasteiger partial charge is 0.170 e. The Balaban J connectivity index is 2.10. The molecule has 1 aromatic carbocycles. The second-order valence-corrected chi connectivity index (χ2v) is 6.02. The molecule has 96 valence electrons. The van der Waals surface area contributed by atoms with Crippen molar-refractivity contribution in [2.75, 3.05) is 0 Å². The Bertz CT molecular complexity index is 499. The maximum atomic E-state index is 5.97. The van der Waals surface area contributed by atoms with Gasteiger partial charge in [0, 0.05) is 27.8 Å². The van der Waals surface area contributed by atoms with Crippen molar-refractivity contribution < 1.29 is 0 Å². The number of nitrogens with two attached hydrogens (primary N) is 1. The number of hydrogen-bond acceptors (Lipinski definition) is 3. The van der Waals surface area contributed by atoms with Gasteiger partial charge in [0.15, 0.2) is 5.16 Å². The van der Waals surface area contributed by atoms with E-state index in [9.17, 15) is 0 Å². The lowest BCUT2D eigenvalue weighted by Gasteiger charge is -2.10. The third-order valence-electron chi connectivity index (χ3n) is 2.70. The quantitative estimate of drug-likeness (QED) is 0.883. The SMILES string of the molecule is CCC(N)Cc1ccc(Sc2ncc[nH]2)c(Br)c1. The predicted molar refractivity (Wildman–Crippen MR) is 78.8 cm³/mol. The Labute approximate surface area is 120 Å². The second kappa shape index (κ2) is 6.41. The molecule has 1 heterocycles. The van der Waals surface area contributed by atoms with E-state index in [2.05, 4.69) is 51.0 Å². The van der Waals surface area contributed by atoms with Crippen LogP contribution in [0.15, 0.2) is 45.1 Å². The van der Waals surface area contributed by atoms with Crippen LogP contribution in [0.1, 0.15) is 18.9 Å². The summed E-state index contributed by atoms with van der Waals surface area (Å²) in [6, 6.07) is 6.61. The zero-order chi connectivity index (χ0) is 13.0. The number of aromatic nitrogens is 2. The number of hydrogen-bond donors (Lipinski definition) is 2. The molecule has 0 aliphatic rings. The van der Waals surface area contributed by atoms with Gasteiger partial charge in [-0.2, -0.15) is 0 Å². The minimum absolute atomic E-state index is 0.237. The Kier molecular flexibility index (Phi) is 4.86. The van der Waals surface area contributed by atoms with Crippen LogP contribution in [-0.2, 0) is 6.42 Å². The first kappa shape index (κ1) is 13.6. The highest BCUT2D eigenvalue weighted by Crippen LogP contribution is 2.32. The van der Waals surface area contributed by atoms with Crippen LogP contribution in [0.25, 0.3) is 0 Å². The molecule has 1 unspecified atom stereocenters. The standard InChI is InChI=1S/C13H16BrN3S/c1-2-10(15)7-9-3-4-12(11(14)8-9)18-13-16-5-6-17-13/h3-6,8,10H,2,7,15H2,1H3,(H,16,17). The molecule has 18 heavy (non-hydrogen) atoms. The third-order valence-corrected chi connectivity index (χ3v) is 4.61. The molecular weight excluding hydrogens is 310 g/mol. The van der Waals surface area contributed by atoms with E-state index in [-0.39, 0.29) is 6.04 Å². The van der Waals surface area contributed by atoms with Crippen LogP contribution in [0.2, 0.25) is 0 Å². The summed E-state index contributed by atoms with van der Waals surface area (Å²) >= 11 is 5.21. The Morgan fingerprint density at radius 2 is 2.33 bits per heavy atom. The molecule has 0 spiro atoms. The number of rotatable bonds is 5. The average molecular weight is 326 g/mol. The topological polar surface area (TPSA) is 54.7 Å². The molecule has 2 rings (SSSR count). The van der Waals surface area contributed by atoms with Crippen LogP contribution in [0, 0.1) is 0 Å². The van der Waals surface area contributed by atoms with Crippen molar-refractivity contribution in [3.8, 4) is 0 Å². The van der Waals surface area contributed by atoms with Gasteiger partial charge in [-0.3, -0.25) is 0 Å². The maximum absolute atomic E-state index is 5.97. The number of aromatic amines is 1. The van der Waals surface area contributed by atoms with Gasteiger partial charge in [0.1, 0.15) is 0 Å². The number of H-pyrrole nitrogens is 1. The van der Waals surface area contributed by atoms with Gasteiger partial charge in [0.25, 0.3) is 0 Å². The molecule has 0 aliphatic heterocycles. The summed E-state index contributed by atoms with van der Waals surface area (Å²) < 4.78 is 1.09. The molecule has 3 nitrogen and oxygen atoms in total. The summed E-state index contributed by atoms with van der Waals surface area (Å²) in [5.74, 6) is 0. The molecule has 5 heteroatoms. The molecule has 1 atom stereocenters. The monoisotopic (exact) mass is 325 g/mol. The molecule has 0 saturated carbocycles. The van der Waals surface area contributed by atoms with E-state index >= 15 is 0 Å². The Hall–Kier alpha value is -0.780. The van der Waals surface area contributed by atoms with E-state index in [0.717, 1.165) is 27.4 Å². The van der Waals surface area contributed by atoms with Crippen LogP contribution in [-0.4, -0.2) is 16.0 Å². The minimum Gasteiger partial charge on any atom is -0.339 e. The number of benzene rings is 1. The van der Waals surface area contributed by atoms with E-state index in [1.54, 1.807) is 18.0 Å². The van der Waals surface area contributed by atoms with Crippen molar-refractivity contribution in [1.29, 1.82) is 0 Å². The fourth-order valence-corrected chi connectivity index (χ4v) is 3.02. The zero-order valence-corrected chi connectivity index (χ0v) is 12.6. The van der Waals surface area contributed by atoms with Gasteiger partial charge in [-0.15, -0.1) is 0 Å². The van der Waals surface area contributed by atoms with Gasteiger partial charge in [-0.1, -0.05) is 24.8 Å². The maximum Gasteiger partial charge on any atom is 0.170 e. The number of nitrogens with zero attached hydrogens (tertiary/aromatic N) is 1. The van der Waals surface area contributed by atoms with Gasteiger partial charge >= 0.3 is 0 Å². The lowest BCUT2D eigenvalue weighted by atomic mass is 10.1. The molecule has 2 aromatic rings. The number of nitrogens with one attached hydrogen (secondary N) is 1. The molecule has 0 aliphatic carbocycles. The minimum atomic E-state index is 0.237. The summed E-state index contributed by atoms with van der Waals surface area (Å²) in [5, 5.41) is 0.897. The van der Waals surface area contributed by atoms with Gasteiger partial charge in [-0.25, -0.2) is 4.98 Å². The molecule has 0 bridgehead atoms. The fourth-order valence-electron chi connectivity index (χ4n) is 1.61. The van der Waals surface area contributed by atoms with E-state index in [0.29, 0.717) is 0 Å². The lowest BCUT2D eigenvalue weighted by molar-refractivity contribution is 0.646. The van der Waals surface area contributed by atoms with Crippen molar-refractivity contribution in [2.45, 2.75) is 35.9 Å². The summed E-state index contributed by atoms with van der Waals surface area (Å²) in [6.45, 7) is 2.11.